The van der Waals surface area contributed by atoms with Crippen molar-refractivity contribution in [3.8, 4) is 5.75 Å². The van der Waals surface area contributed by atoms with Gasteiger partial charge in [-0.2, -0.15) is 0 Å². The highest BCUT2D eigenvalue weighted by Crippen LogP contribution is 2.25. The highest BCUT2D eigenvalue weighted by atomic mass is 35.5. The van der Waals surface area contributed by atoms with Crippen molar-refractivity contribution in [2.24, 2.45) is 0 Å². The monoisotopic (exact) mass is 294 g/mol. The first kappa shape index (κ1) is 13.9. The molecule has 0 aliphatic carbocycles. The topological polar surface area (TPSA) is 26.3 Å². The number of hydrogen-bond acceptors (Lipinski definition) is 2. The first-order chi connectivity index (χ1) is 9.08. The second-order valence-corrected chi connectivity index (χ2v) is 4.94. The van der Waals surface area contributed by atoms with Crippen molar-refractivity contribution in [1.82, 2.24) is 0 Å². The van der Waals surface area contributed by atoms with Crippen LogP contribution in [0.2, 0.25) is 10.0 Å². The number of hydrogen-bond donors (Lipinski definition) is 0. The summed E-state index contributed by atoms with van der Waals surface area (Å²) >= 11 is 11.9. The maximum absolute atomic E-state index is 12.0. The van der Waals surface area contributed by atoms with Crippen molar-refractivity contribution in [3.05, 3.63) is 63.6 Å². The second-order valence-electron chi connectivity index (χ2n) is 4.13. The van der Waals surface area contributed by atoms with Gasteiger partial charge >= 0.3 is 0 Å². The predicted octanol–water partition coefficient (Wildman–Crippen LogP) is 4.56. The third-order valence-corrected chi connectivity index (χ3v) is 3.26. The van der Waals surface area contributed by atoms with E-state index in [0.717, 1.165) is 5.56 Å². The van der Waals surface area contributed by atoms with Crippen LogP contribution in [0.3, 0.4) is 0 Å². The SMILES string of the molecule is Cc1ccc(Cl)c(OCC(=O)c2ccccc2Cl)c1. The van der Waals surface area contributed by atoms with E-state index in [2.05, 4.69) is 0 Å². The lowest BCUT2D eigenvalue weighted by Crippen LogP contribution is -2.12. The molecule has 2 aromatic carbocycles. The molecule has 98 valence electrons. The van der Waals surface area contributed by atoms with Crippen LogP contribution in [-0.4, -0.2) is 12.4 Å². The summed E-state index contributed by atoms with van der Waals surface area (Å²) in [6.07, 6.45) is 0. The number of rotatable bonds is 4. The molecule has 0 saturated heterocycles. The molecule has 0 bridgehead atoms. The lowest BCUT2D eigenvalue weighted by atomic mass is 10.1. The van der Waals surface area contributed by atoms with E-state index in [-0.39, 0.29) is 12.4 Å². The summed E-state index contributed by atoms with van der Waals surface area (Å²) in [4.78, 5) is 12.0. The van der Waals surface area contributed by atoms with Crippen molar-refractivity contribution in [1.29, 1.82) is 0 Å². The Kier molecular flexibility index (Phi) is 4.46. The molecule has 0 aliphatic rings. The van der Waals surface area contributed by atoms with Gasteiger partial charge < -0.3 is 4.74 Å². The summed E-state index contributed by atoms with van der Waals surface area (Å²) in [7, 11) is 0. The Morgan fingerprint density at radius 3 is 2.58 bits per heavy atom. The molecular formula is C15H12Cl2O2. The quantitative estimate of drug-likeness (QED) is 0.773. The Hall–Kier alpha value is -1.51. The highest BCUT2D eigenvalue weighted by molar-refractivity contribution is 6.34. The first-order valence-corrected chi connectivity index (χ1v) is 6.50. The third-order valence-electron chi connectivity index (χ3n) is 2.62. The molecule has 0 radical (unpaired) electrons. The van der Waals surface area contributed by atoms with Gasteiger partial charge in [-0.25, -0.2) is 0 Å². The van der Waals surface area contributed by atoms with Crippen molar-refractivity contribution >= 4 is 29.0 Å². The Balaban J connectivity index is 2.09. The van der Waals surface area contributed by atoms with Gasteiger partial charge in [0, 0.05) is 5.56 Å². The molecule has 0 aromatic heterocycles. The molecule has 0 aliphatic heterocycles. The van der Waals surface area contributed by atoms with Gasteiger partial charge in [0.05, 0.1) is 10.0 Å². The maximum atomic E-state index is 12.0. The van der Waals surface area contributed by atoms with Gasteiger partial charge in [0.25, 0.3) is 0 Å². The van der Waals surface area contributed by atoms with Gasteiger partial charge in [0.15, 0.2) is 6.61 Å². The van der Waals surface area contributed by atoms with E-state index in [1.165, 1.54) is 0 Å². The average Bonchev–Trinajstić information content (AvgIpc) is 2.40. The molecule has 0 atom stereocenters. The molecule has 4 heteroatoms. The first-order valence-electron chi connectivity index (χ1n) is 5.74. The molecule has 0 heterocycles. The maximum Gasteiger partial charge on any atom is 0.201 e. The minimum Gasteiger partial charge on any atom is -0.484 e. The van der Waals surface area contributed by atoms with Crippen LogP contribution >= 0.6 is 23.2 Å². The molecule has 0 saturated carbocycles. The number of benzene rings is 2. The normalized spacial score (nSPS) is 10.3. The smallest absolute Gasteiger partial charge is 0.201 e. The summed E-state index contributed by atoms with van der Waals surface area (Å²) in [6, 6.07) is 12.3. The predicted molar refractivity (Wildman–Crippen MR) is 77.5 cm³/mol. The van der Waals surface area contributed by atoms with E-state index in [4.69, 9.17) is 27.9 Å². The molecule has 19 heavy (non-hydrogen) atoms. The summed E-state index contributed by atoms with van der Waals surface area (Å²) in [5, 5.41) is 0.906. The zero-order chi connectivity index (χ0) is 13.8. The summed E-state index contributed by atoms with van der Waals surface area (Å²) < 4.78 is 5.45. The van der Waals surface area contributed by atoms with Crippen molar-refractivity contribution in [3.63, 3.8) is 0 Å². The second kappa shape index (κ2) is 6.09. The van der Waals surface area contributed by atoms with E-state index in [1.807, 2.05) is 13.0 Å². The number of halogens is 2. The van der Waals surface area contributed by atoms with E-state index >= 15 is 0 Å². The minimum absolute atomic E-state index is 0.0904. The van der Waals surface area contributed by atoms with Gasteiger partial charge in [0.2, 0.25) is 5.78 Å². The lowest BCUT2D eigenvalue weighted by molar-refractivity contribution is 0.0921. The molecule has 0 amide bonds. The standard InChI is InChI=1S/C15H12Cl2O2/c1-10-6-7-13(17)15(8-10)19-9-14(18)11-4-2-3-5-12(11)16/h2-8H,9H2,1H3. The van der Waals surface area contributed by atoms with Gasteiger partial charge in [0.1, 0.15) is 5.75 Å². The third kappa shape index (κ3) is 3.49. The summed E-state index contributed by atoms with van der Waals surface area (Å²) in [5.41, 5.74) is 1.47. The molecule has 0 N–H and O–H groups in total. The van der Waals surface area contributed by atoms with Crippen molar-refractivity contribution < 1.29 is 9.53 Å². The number of ether oxygens (including phenoxy) is 1. The van der Waals surface area contributed by atoms with Crippen molar-refractivity contribution in [2.45, 2.75) is 6.92 Å². The highest BCUT2D eigenvalue weighted by Gasteiger charge is 2.11. The van der Waals surface area contributed by atoms with Crippen LogP contribution < -0.4 is 4.74 Å². The number of Topliss-reactive ketones (excluding diaryl/α,β-unsaturated/α-hetero) is 1. The lowest BCUT2D eigenvalue weighted by Gasteiger charge is -2.09. The molecule has 0 fully saturated rings. The largest absolute Gasteiger partial charge is 0.484 e. The molecule has 0 unspecified atom stereocenters. The molecular weight excluding hydrogens is 283 g/mol. The van der Waals surface area contributed by atoms with Gasteiger partial charge in [-0.3, -0.25) is 4.79 Å². The average molecular weight is 295 g/mol. The van der Waals surface area contributed by atoms with Gasteiger partial charge in [-0.15, -0.1) is 0 Å². The van der Waals surface area contributed by atoms with Crippen LogP contribution in [-0.2, 0) is 0 Å². The summed E-state index contributed by atoms with van der Waals surface area (Å²) in [5.74, 6) is 0.324. The minimum atomic E-state index is -0.178. The van der Waals surface area contributed by atoms with Crippen LogP contribution in [0.15, 0.2) is 42.5 Å². The van der Waals surface area contributed by atoms with E-state index in [9.17, 15) is 4.79 Å². The number of aryl methyl sites for hydroxylation is 1. The Bertz CT molecular complexity index is 609. The zero-order valence-electron chi connectivity index (χ0n) is 10.3. The number of carbonyl (C=O) groups is 1. The zero-order valence-corrected chi connectivity index (χ0v) is 11.8. The van der Waals surface area contributed by atoms with E-state index < -0.39 is 0 Å². The molecule has 0 spiro atoms. The van der Waals surface area contributed by atoms with Crippen LogP contribution in [0, 0.1) is 6.92 Å². The van der Waals surface area contributed by atoms with Crippen LogP contribution in [0.4, 0.5) is 0 Å². The fourth-order valence-corrected chi connectivity index (χ4v) is 2.04. The summed E-state index contributed by atoms with van der Waals surface area (Å²) in [6.45, 7) is 1.84. The number of ketones is 1. The van der Waals surface area contributed by atoms with Crippen molar-refractivity contribution in [2.75, 3.05) is 6.61 Å². The Labute approximate surface area is 121 Å². The van der Waals surface area contributed by atoms with Crippen LogP contribution in [0.5, 0.6) is 5.75 Å². The van der Waals surface area contributed by atoms with Crippen LogP contribution in [0.1, 0.15) is 15.9 Å². The van der Waals surface area contributed by atoms with E-state index in [1.54, 1.807) is 36.4 Å². The fourth-order valence-electron chi connectivity index (χ4n) is 1.63. The Morgan fingerprint density at radius 1 is 1.11 bits per heavy atom. The van der Waals surface area contributed by atoms with Crippen LogP contribution in [0.25, 0.3) is 0 Å². The fraction of sp³-hybridized carbons (Fsp3) is 0.133. The van der Waals surface area contributed by atoms with Gasteiger partial charge in [-0.05, 0) is 36.8 Å². The van der Waals surface area contributed by atoms with E-state index in [0.29, 0.717) is 21.4 Å². The number of carbonyl (C=O) groups excluding carboxylic acids is 1. The molecule has 2 nitrogen and oxygen atoms in total. The Morgan fingerprint density at radius 2 is 1.84 bits per heavy atom. The van der Waals surface area contributed by atoms with Gasteiger partial charge in [-0.1, -0.05) is 41.4 Å². The molecule has 2 aromatic rings. The molecule has 2 rings (SSSR count).